The summed E-state index contributed by atoms with van der Waals surface area (Å²) in [6.07, 6.45) is 0.385. The number of Topliss-reactive ketones (excluding diaryl/α,β-unsaturated/α-hetero) is 1. The van der Waals surface area contributed by atoms with E-state index in [2.05, 4.69) is 0 Å². The van der Waals surface area contributed by atoms with E-state index in [1.165, 1.54) is 13.8 Å². The van der Waals surface area contributed by atoms with Crippen LogP contribution in [0.5, 0.6) is 0 Å². The van der Waals surface area contributed by atoms with Gasteiger partial charge >= 0.3 is 0 Å². The van der Waals surface area contributed by atoms with Crippen molar-refractivity contribution in [3.8, 4) is 0 Å². The van der Waals surface area contributed by atoms with E-state index in [1.54, 1.807) is 6.92 Å². The zero-order valence-corrected chi connectivity index (χ0v) is 10.1. The summed E-state index contributed by atoms with van der Waals surface area (Å²) < 4.78 is 0. The zero-order valence-electron chi connectivity index (χ0n) is 10.1. The Hall–Kier alpha value is -0.940. The molecule has 5 nitrogen and oxygen atoms in total. The van der Waals surface area contributed by atoms with Crippen molar-refractivity contribution in [2.45, 2.75) is 45.6 Å². The fourth-order valence-electron chi connectivity index (χ4n) is 1.42. The third-order valence-corrected chi connectivity index (χ3v) is 3.08. The van der Waals surface area contributed by atoms with Gasteiger partial charge in [0, 0.05) is 18.3 Å². The standard InChI is InChI=1S/C11H21NO4/c1-4-8(14)5-6-11(16,9(12)15)10(2,3)7-13/h13,16H,4-7H2,1-3H3,(H2,12,15)/t11-/m0/s1. The summed E-state index contributed by atoms with van der Waals surface area (Å²) in [5, 5.41) is 19.3. The van der Waals surface area contributed by atoms with Crippen LogP contribution in [-0.2, 0) is 9.59 Å². The maximum atomic E-state index is 11.3. The van der Waals surface area contributed by atoms with Crippen molar-refractivity contribution in [3.63, 3.8) is 0 Å². The van der Waals surface area contributed by atoms with Gasteiger partial charge in [0.25, 0.3) is 0 Å². The first-order valence-corrected chi connectivity index (χ1v) is 5.36. The zero-order chi connectivity index (χ0) is 13.0. The molecule has 0 saturated heterocycles. The molecular weight excluding hydrogens is 210 g/mol. The number of hydrogen-bond donors (Lipinski definition) is 3. The van der Waals surface area contributed by atoms with Crippen LogP contribution < -0.4 is 5.73 Å². The average Bonchev–Trinajstić information content (AvgIpc) is 2.24. The van der Waals surface area contributed by atoms with Gasteiger partial charge in [0.05, 0.1) is 6.61 Å². The molecule has 0 aromatic heterocycles. The number of primary amides is 1. The first-order valence-electron chi connectivity index (χ1n) is 5.36. The van der Waals surface area contributed by atoms with E-state index >= 15 is 0 Å². The number of amides is 1. The highest BCUT2D eigenvalue weighted by Gasteiger charge is 2.47. The Morgan fingerprint density at radius 1 is 1.31 bits per heavy atom. The van der Waals surface area contributed by atoms with Gasteiger partial charge in [-0.25, -0.2) is 0 Å². The highest BCUT2D eigenvalue weighted by Crippen LogP contribution is 2.34. The number of nitrogens with two attached hydrogens (primary N) is 1. The molecular formula is C11H21NO4. The van der Waals surface area contributed by atoms with Crippen LogP contribution in [0.1, 0.15) is 40.0 Å². The Bertz CT molecular complexity index is 275. The molecule has 94 valence electrons. The van der Waals surface area contributed by atoms with Gasteiger partial charge in [-0.2, -0.15) is 0 Å². The van der Waals surface area contributed by atoms with Crippen molar-refractivity contribution in [3.05, 3.63) is 0 Å². The second-order valence-electron chi connectivity index (χ2n) is 4.66. The molecule has 1 amide bonds. The Kier molecular flexibility index (Phi) is 5.09. The minimum Gasteiger partial charge on any atom is -0.396 e. The average molecular weight is 231 g/mol. The third kappa shape index (κ3) is 3.02. The second-order valence-corrected chi connectivity index (χ2v) is 4.66. The van der Waals surface area contributed by atoms with Crippen molar-refractivity contribution in [1.82, 2.24) is 0 Å². The van der Waals surface area contributed by atoms with Gasteiger partial charge < -0.3 is 15.9 Å². The largest absolute Gasteiger partial charge is 0.396 e. The van der Waals surface area contributed by atoms with E-state index < -0.39 is 16.9 Å². The summed E-state index contributed by atoms with van der Waals surface area (Å²) in [7, 11) is 0. The molecule has 0 bridgehead atoms. The van der Waals surface area contributed by atoms with Crippen LogP contribution in [0.3, 0.4) is 0 Å². The van der Waals surface area contributed by atoms with Crippen LogP contribution in [0.25, 0.3) is 0 Å². The molecule has 0 unspecified atom stereocenters. The minimum atomic E-state index is -1.85. The minimum absolute atomic E-state index is 0.0478. The van der Waals surface area contributed by atoms with Gasteiger partial charge in [0.2, 0.25) is 5.91 Å². The van der Waals surface area contributed by atoms with Gasteiger partial charge in [-0.1, -0.05) is 20.8 Å². The molecule has 0 aliphatic carbocycles. The van der Waals surface area contributed by atoms with Gasteiger partial charge in [0.15, 0.2) is 5.60 Å². The Labute approximate surface area is 95.6 Å². The van der Waals surface area contributed by atoms with Gasteiger partial charge in [-0.05, 0) is 6.42 Å². The molecule has 5 heteroatoms. The predicted molar refractivity (Wildman–Crippen MR) is 59.5 cm³/mol. The normalized spacial score (nSPS) is 15.6. The Balaban J connectivity index is 4.85. The number of aliphatic hydroxyl groups excluding tert-OH is 1. The number of carbonyl (C=O) groups is 2. The van der Waals surface area contributed by atoms with Crippen molar-refractivity contribution in [2.24, 2.45) is 11.1 Å². The molecule has 0 rings (SSSR count). The molecule has 0 aromatic carbocycles. The lowest BCUT2D eigenvalue weighted by molar-refractivity contribution is -0.156. The fraction of sp³-hybridized carbons (Fsp3) is 0.818. The summed E-state index contributed by atoms with van der Waals surface area (Å²) in [6.45, 7) is 4.40. The summed E-state index contributed by atoms with van der Waals surface area (Å²) in [6, 6.07) is 0. The summed E-state index contributed by atoms with van der Waals surface area (Å²) in [4.78, 5) is 22.4. The lowest BCUT2D eigenvalue weighted by Crippen LogP contribution is -2.56. The molecule has 0 saturated carbocycles. The van der Waals surface area contributed by atoms with Crippen molar-refractivity contribution < 1.29 is 19.8 Å². The summed E-state index contributed by atoms with van der Waals surface area (Å²) in [5.41, 5.74) is 2.23. The van der Waals surface area contributed by atoms with Gasteiger partial charge in [-0.15, -0.1) is 0 Å². The predicted octanol–water partition coefficient (Wildman–Crippen LogP) is -0.0194. The molecule has 4 N–H and O–H groups in total. The Morgan fingerprint density at radius 2 is 1.81 bits per heavy atom. The van der Waals surface area contributed by atoms with E-state index in [9.17, 15) is 14.7 Å². The van der Waals surface area contributed by atoms with Crippen LogP contribution in [0.2, 0.25) is 0 Å². The van der Waals surface area contributed by atoms with Crippen molar-refractivity contribution >= 4 is 11.7 Å². The fourth-order valence-corrected chi connectivity index (χ4v) is 1.42. The summed E-state index contributed by atoms with van der Waals surface area (Å²) in [5.74, 6) is -0.955. The molecule has 0 spiro atoms. The van der Waals surface area contributed by atoms with E-state index in [4.69, 9.17) is 10.8 Å². The quantitative estimate of drug-likeness (QED) is 0.573. The molecule has 0 fully saturated rings. The molecule has 0 aliphatic rings. The van der Waals surface area contributed by atoms with Crippen LogP contribution in [0, 0.1) is 5.41 Å². The Morgan fingerprint density at radius 3 is 2.12 bits per heavy atom. The molecule has 0 aliphatic heterocycles. The summed E-state index contributed by atoms with van der Waals surface area (Å²) >= 11 is 0. The number of carbonyl (C=O) groups excluding carboxylic acids is 2. The highest BCUT2D eigenvalue weighted by molar-refractivity contribution is 5.85. The number of hydrogen-bond acceptors (Lipinski definition) is 4. The first kappa shape index (κ1) is 15.1. The number of rotatable bonds is 7. The van der Waals surface area contributed by atoms with Crippen LogP contribution in [0.15, 0.2) is 0 Å². The van der Waals surface area contributed by atoms with Gasteiger partial charge in [0.1, 0.15) is 5.78 Å². The van der Waals surface area contributed by atoms with Crippen LogP contribution in [-0.4, -0.2) is 34.1 Å². The molecule has 0 heterocycles. The highest BCUT2D eigenvalue weighted by atomic mass is 16.3. The number of ketones is 1. The molecule has 0 aromatic rings. The maximum absolute atomic E-state index is 11.3. The van der Waals surface area contributed by atoms with Crippen LogP contribution >= 0.6 is 0 Å². The SMILES string of the molecule is CCC(=O)CC[C@](O)(C(N)=O)C(C)(C)CO. The smallest absolute Gasteiger partial charge is 0.250 e. The molecule has 16 heavy (non-hydrogen) atoms. The first-order chi connectivity index (χ1) is 7.21. The second kappa shape index (κ2) is 5.41. The van der Waals surface area contributed by atoms with E-state index in [-0.39, 0.29) is 25.2 Å². The van der Waals surface area contributed by atoms with E-state index in [0.717, 1.165) is 0 Å². The monoisotopic (exact) mass is 231 g/mol. The molecule has 0 radical (unpaired) electrons. The lowest BCUT2D eigenvalue weighted by atomic mass is 9.72. The van der Waals surface area contributed by atoms with Gasteiger partial charge in [-0.3, -0.25) is 9.59 Å². The number of aliphatic hydroxyl groups is 2. The van der Waals surface area contributed by atoms with Crippen LogP contribution in [0.4, 0.5) is 0 Å². The molecule has 1 atom stereocenters. The van der Waals surface area contributed by atoms with Crippen molar-refractivity contribution in [1.29, 1.82) is 0 Å². The van der Waals surface area contributed by atoms with Crippen molar-refractivity contribution in [2.75, 3.05) is 6.61 Å². The lowest BCUT2D eigenvalue weighted by Gasteiger charge is -2.38. The maximum Gasteiger partial charge on any atom is 0.250 e. The third-order valence-electron chi connectivity index (χ3n) is 3.08. The topological polar surface area (TPSA) is 101 Å². The van der Waals surface area contributed by atoms with E-state index in [0.29, 0.717) is 6.42 Å². The van der Waals surface area contributed by atoms with E-state index in [1.807, 2.05) is 0 Å².